The van der Waals surface area contributed by atoms with E-state index in [0.717, 1.165) is 6.42 Å². The van der Waals surface area contributed by atoms with Gasteiger partial charge in [0.1, 0.15) is 0 Å². The molecule has 0 heterocycles. The third kappa shape index (κ3) is 47.6. The van der Waals surface area contributed by atoms with Crippen LogP contribution < -0.4 is 0 Å². The van der Waals surface area contributed by atoms with Crippen LogP contribution in [0.5, 0.6) is 0 Å². The number of aliphatic hydroxyl groups excluding tert-OH is 1. The second-order valence-corrected chi connectivity index (χ2v) is 0.724. The van der Waals surface area contributed by atoms with E-state index in [1.165, 1.54) is 0 Å². The lowest BCUT2D eigenvalue weighted by Gasteiger charge is -1.69. The van der Waals surface area contributed by atoms with Gasteiger partial charge in [0.05, 0.1) is 0 Å². The quantitative estimate of drug-likeness (QED) is 0.633. The second kappa shape index (κ2) is 29.0. The van der Waals surface area contributed by atoms with Gasteiger partial charge in [0.2, 0.25) is 0 Å². The van der Waals surface area contributed by atoms with E-state index in [4.69, 9.17) is 5.11 Å². The van der Waals surface area contributed by atoms with E-state index in [9.17, 15) is 0 Å². The maximum atomic E-state index is 7.88. The summed E-state index contributed by atoms with van der Waals surface area (Å²) in [7, 11) is 0. The molecule has 0 aromatic carbocycles. The lowest BCUT2D eigenvalue weighted by Crippen LogP contribution is -1.69. The summed E-state index contributed by atoms with van der Waals surface area (Å²) in [5.74, 6) is 0. The molecule has 0 unspecified atom stereocenters. The number of aliphatic hydroxyl groups is 1. The van der Waals surface area contributed by atoms with Crippen LogP contribution in [0.1, 0.15) is 13.3 Å². The predicted octanol–water partition coefficient (Wildman–Crippen LogP) is 1.65. The third-order valence-electron chi connectivity index (χ3n) is 0.224. The van der Waals surface area contributed by atoms with Gasteiger partial charge >= 0.3 is 0 Å². The Bertz CT molecular complexity index is 12.1. The minimum absolute atomic E-state index is 0. The monoisotopic (exact) mass is 168 g/mol. The van der Waals surface area contributed by atoms with Crippen LogP contribution in [0.4, 0.5) is 0 Å². The molecule has 0 rings (SSSR count). The maximum absolute atomic E-state index is 7.88. The van der Waals surface area contributed by atoms with Crippen molar-refractivity contribution in [3.05, 3.63) is 0 Å². The molecule has 0 aromatic heterocycles. The van der Waals surface area contributed by atoms with Crippen LogP contribution in [-0.2, 0) is 0 Å². The summed E-state index contributed by atoms with van der Waals surface area (Å²) in [6.07, 6.45) is 0.875. The van der Waals surface area contributed by atoms with E-state index in [2.05, 4.69) is 0 Å². The highest BCUT2D eigenvalue weighted by atomic mass is 35.5. The Morgan fingerprint density at radius 3 is 1.29 bits per heavy atom. The van der Waals surface area contributed by atoms with Gasteiger partial charge in [0, 0.05) is 6.61 Å². The van der Waals surface area contributed by atoms with Gasteiger partial charge in [-0.1, -0.05) is 6.92 Å². The Labute approximate surface area is 62.7 Å². The predicted molar refractivity (Wildman–Crippen MR) is 39.1 cm³/mol. The first-order valence-electron chi connectivity index (χ1n) is 1.52. The largest absolute Gasteiger partial charge is 0.396 e. The van der Waals surface area contributed by atoms with Crippen LogP contribution in [0.3, 0.4) is 0 Å². The molecule has 0 bridgehead atoms. The molecule has 1 nitrogen and oxygen atoms in total. The Balaban J connectivity index is -0.0000000150. The molecule has 0 aliphatic heterocycles. The summed E-state index contributed by atoms with van der Waals surface area (Å²) in [6.45, 7) is 2.25. The Morgan fingerprint density at radius 2 is 1.29 bits per heavy atom. The lowest BCUT2D eigenvalue weighted by molar-refractivity contribution is 0.295. The van der Waals surface area contributed by atoms with Crippen molar-refractivity contribution in [2.75, 3.05) is 6.61 Å². The second-order valence-electron chi connectivity index (χ2n) is 0.724. The molecule has 0 fully saturated rings. The van der Waals surface area contributed by atoms with Crippen molar-refractivity contribution in [3.8, 4) is 0 Å². The van der Waals surface area contributed by atoms with Gasteiger partial charge in [-0.05, 0) is 6.42 Å². The molecule has 0 amide bonds. The fraction of sp³-hybridized carbons (Fsp3) is 1.00. The summed E-state index contributed by atoms with van der Waals surface area (Å²) in [5.41, 5.74) is 0. The van der Waals surface area contributed by atoms with Gasteiger partial charge in [0.15, 0.2) is 0 Å². The van der Waals surface area contributed by atoms with Crippen LogP contribution in [-0.4, -0.2) is 11.7 Å². The van der Waals surface area contributed by atoms with Gasteiger partial charge in [-0.15, -0.1) is 37.2 Å². The van der Waals surface area contributed by atoms with Crippen LogP contribution in [0.2, 0.25) is 0 Å². The zero-order chi connectivity index (χ0) is 3.41. The fourth-order valence-electron chi connectivity index (χ4n) is 0. The van der Waals surface area contributed by atoms with Crippen LogP contribution >= 0.6 is 37.2 Å². The lowest BCUT2D eigenvalue weighted by atomic mass is 10.5. The summed E-state index contributed by atoms with van der Waals surface area (Å²) in [5, 5.41) is 7.88. The zero-order valence-electron chi connectivity index (χ0n) is 4.09. The zero-order valence-corrected chi connectivity index (χ0v) is 6.54. The molecule has 50 valence electrons. The van der Waals surface area contributed by atoms with Crippen molar-refractivity contribution >= 4 is 37.2 Å². The Morgan fingerprint density at radius 1 is 1.14 bits per heavy atom. The van der Waals surface area contributed by atoms with E-state index in [1.54, 1.807) is 0 Å². The number of halogens is 3. The first-order chi connectivity index (χ1) is 1.91. The average molecular weight is 169 g/mol. The highest BCUT2D eigenvalue weighted by molar-refractivity contribution is 5.86. The smallest absolute Gasteiger partial charge is 0.0428 e. The van der Waals surface area contributed by atoms with Crippen molar-refractivity contribution in [1.29, 1.82) is 0 Å². The van der Waals surface area contributed by atoms with Crippen LogP contribution in [0, 0.1) is 0 Å². The SMILES string of the molecule is CCCO.Cl.Cl.Cl. The normalized spacial score (nSPS) is 4.29. The van der Waals surface area contributed by atoms with Gasteiger partial charge in [-0.25, -0.2) is 0 Å². The fourth-order valence-corrected chi connectivity index (χ4v) is 0. The standard InChI is InChI=1S/C3H8O.3ClH/c1-2-3-4;;;/h4H,2-3H2,1H3;3*1H. The summed E-state index contributed by atoms with van der Waals surface area (Å²) < 4.78 is 0. The van der Waals surface area contributed by atoms with Gasteiger partial charge in [-0.3, -0.25) is 0 Å². The third-order valence-corrected chi connectivity index (χ3v) is 0.224. The molecule has 1 N–H and O–H groups in total. The molecule has 0 spiro atoms. The van der Waals surface area contributed by atoms with E-state index < -0.39 is 0 Å². The highest BCUT2D eigenvalue weighted by Gasteiger charge is 1.57. The molecule has 0 aliphatic carbocycles. The minimum atomic E-state index is 0. The average Bonchev–Trinajstić information content (AvgIpc) is 1.37. The van der Waals surface area contributed by atoms with Crippen molar-refractivity contribution in [2.24, 2.45) is 0 Å². The van der Waals surface area contributed by atoms with E-state index >= 15 is 0 Å². The summed E-state index contributed by atoms with van der Waals surface area (Å²) in [6, 6.07) is 0. The summed E-state index contributed by atoms with van der Waals surface area (Å²) in [4.78, 5) is 0. The molecule has 0 aromatic rings. The van der Waals surface area contributed by atoms with Gasteiger partial charge in [0.25, 0.3) is 0 Å². The van der Waals surface area contributed by atoms with Crippen molar-refractivity contribution in [2.45, 2.75) is 13.3 Å². The molecular weight excluding hydrogens is 158 g/mol. The molecular formula is C3H11Cl3O. The van der Waals surface area contributed by atoms with E-state index in [-0.39, 0.29) is 37.2 Å². The van der Waals surface area contributed by atoms with Crippen molar-refractivity contribution in [3.63, 3.8) is 0 Å². The maximum Gasteiger partial charge on any atom is 0.0428 e. The van der Waals surface area contributed by atoms with Crippen LogP contribution in [0.25, 0.3) is 0 Å². The molecule has 0 aliphatic rings. The molecule has 0 radical (unpaired) electrons. The van der Waals surface area contributed by atoms with E-state index in [1.807, 2.05) is 6.92 Å². The van der Waals surface area contributed by atoms with Gasteiger partial charge in [-0.2, -0.15) is 0 Å². The number of hydrogen-bond donors (Lipinski definition) is 1. The molecule has 7 heavy (non-hydrogen) atoms. The first kappa shape index (κ1) is 24.9. The Kier molecular flexibility index (Phi) is 103. The number of rotatable bonds is 1. The molecule has 0 saturated heterocycles. The molecule has 0 saturated carbocycles. The van der Waals surface area contributed by atoms with Crippen molar-refractivity contribution < 1.29 is 5.11 Å². The summed E-state index contributed by atoms with van der Waals surface area (Å²) >= 11 is 0. The molecule has 0 atom stereocenters. The van der Waals surface area contributed by atoms with Crippen LogP contribution in [0.15, 0.2) is 0 Å². The topological polar surface area (TPSA) is 20.2 Å². The van der Waals surface area contributed by atoms with Gasteiger partial charge < -0.3 is 5.11 Å². The Hall–Kier alpha value is 0.830. The molecule has 4 heteroatoms. The number of hydrogen-bond acceptors (Lipinski definition) is 1. The van der Waals surface area contributed by atoms with Crippen molar-refractivity contribution in [1.82, 2.24) is 0 Å². The van der Waals surface area contributed by atoms with E-state index in [0.29, 0.717) is 6.61 Å². The first-order valence-corrected chi connectivity index (χ1v) is 1.52. The highest BCUT2D eigenvalue weighted by Crippen LogP contribution is 1.61. The minimum Gasteiger partial charge on any atom is -0.396 e.